The Morgan fingerprint density at radius 2 is 1.69 bits per heavy atom. The van der Waals surface area contributed by atoms with Crippen LogP contribution in [0, 0.1) is 0 Å². The second-order valence-corrected chi connectivity index (χ2v) is 8.61. The molecule has 0 aromatic heterocycles. The van der Waals surface area contributed by atoms with Gasteiger partial charge in [0, 0.05) is 55.2 Å². The van der Waals surface area contributed by atoms with Gasteiger partial charge in [0.2, 0.25) is 0 Å². The number of ether oxygens (including phenoxy) is 2. The molecule has 0 unspecified atom stereocenters. The molecule has 1 N–H and O–H groups in total. The first-order valence-electron chi connectivity index (χ1n) is 11.9. The number of amides is 1. The lowest BCUT2D eigenvalue weighted by atomic mass is 10.0. The average molecular weight is 472 g/mol. The Labute approximate surface area is 207 Å². The van der Waals surface area contributed by atoms with Gasteiger partial charge in [0.25, 0.3) is 5.91 Å². The van der Waals surface area contributed by atoms with Crippen molar-refractivity contribution in [2.75, 3.05) is 50.6 Å². The van der Waals surface area contributed by atoms with E-state index in [4.69, 9.17) is 9.47 Å². The summed E-state index contributed by atoms with van der Waals surface area (Å²) in [6.07, 6.45) is 2.35. The van der Waals surface area contributed by atoms with Gasteiger partial charge in [0.1, 0.15) is 0 Å². The molecule has 0 atom stereocenters. The predicted molar refractivity (Wildman–Crippen MR) is 142 cm³/mol. The van der Waals surface area contributed by atoms with Crippen molar-refractivity contribution in [3.05, 3.63) is 96.1 Å². The van der Waals surface area contributed by atoms with Crippen LogP contribution in [0.2, 0.25) is 0 Å². The first kappa shape index (κ1) is 24.4. The quantitative estimate of drug-likeness (QED) is 0.445. The van der Waals surface area contributed by atoms with Crippen LogP contribution in [0.4, 0.5) is 11.4 Å². The van der Waals surface area contributed by atoms with Gasteiger partial charge in [-0.25, -0.2) is 0 Å². The predicted octanol–water partition coefficient (Wildman–Crippen LogP) is 5.01. The second-order valence-electron chi connectivity index (χ2n) is 8.61. The van der Waals surface area contributed by atoms with Gasteiger partial charge < -0.3 is 19.7 Å². The molecule has 1 amide bonds. The zero-order valence-corrected chi connectivity index (χ0v) is 20.5. The molecular weight excluding hydrogens is 438 g/mol. The Bertz CT molecular complexity index is 1140. The molecule has 1 aliphatic heterocycles. The van der Waals surface area contributed by atoms with E-state index in [-0.39, 0.29) is 5.91 Å². The lowest BCUT2D eigenvalue weighted by Crippen LogP contribution is -2.45. The van der Waals surface area contributed by atoms with E-state index in [0.29, 0.717) is 23.5 Å². The maximum Gasteiger partial charge on any atom is 0.255 e. The largest absolute Gasteiger partial charge is 0.493 e. The summed E-state index contributed by atoms with van der Waals surface area (Å²) in [7, 11) is 3.16. The summed E-state index contributed by atoms with van der Waals surface area (Å²) in [5, 5.41) is 2.99. The number of methoxy groups -OCH3 is 2. The van der Waals surface area contributed by atoms with Crippen molar-refractivity contribution in [3.8, 4) is 11.5 Å². The summed E-state index contributed by atoms with van der Waals surface area (Å²) in [6.45, 7) is 8.81. The van der Waals surface area contributed by atoms with Gasteiger partial charge in [0.15, 0.2) is 11.5 Å². The van der Waals surface area contributed by atoms with E-state index in [1.165, 1.54) is 11.3 Å². The van der Waals surface area contributed by atoms with E-state index >= 15 is 0 Å². The number of carbonyl (C=O) groups is 1. The number of benzene rings is 3. The SMILES string of the molecule is C=CCc1cc(C(=O)Nc2ccc(N3CCN(Cc4ccccc4)CC3)cc2)cc(OC)c1OC. The molecule has 1 heterocycles. The highest BCUT2D eigenvalue weighted by molar-refractivity contribution is 6.05. The van der Waals surface area contributed by atoms with Gasteiger partial charge in [-0.1, -0.05) is 36.4 Å². The summed E-state index contributed by atoms with van der Waals surface area (Å²) < 4.78 is 10.9. The van der Waals surface area contributed by atoms with Gasteiger partial charge in [-0.05, 0) is 48.4 Å². The van der Waals surface area contributed by atoms with Crippen LogP contribution in [0.15, 0.2) is 79.4 Å². The molecule has 1 saturated heterocycles. The minimum atomic E-state index is -0.196. The molecule has 182 valence electrons. The number of allylic oxidation sites excluding steroid dienone is 1. The highest BCUT2D eigenvalue weighted by atomic mass is 16.5. The molecule has 35 heavy (non-hydrogen) atoms. The second kappa shape index (κ2) is 11.6. The Kier molecular flexibility index (Phi) is 8.06. The number of nitrogens with one attached hydrogen (secondary N) is 1. The van der Waals surface area contributed by atoms with Crippen LogP contribution >= 0.6 is 0 Å². The summed E-state index contributed by atoms with van der Waals surface area (Å²) in [6, 6.07) is 22.2. The van der Waals surface area contributed by atoms with E-state index < -0.39 is 0 Å². The van der Waals surface area contributed by atoms with Crippen LogP contribution in [0.3, 0.4) is 0 Å². The summed E-state index contributed by atoms with van der Waals surface area (Å²) >= 11 is 0. The number of piperazine rings is 1. The van der Waals surface area contributed by atoms with Crippen LogP contribution in [-0.2, 0) is 13.0 Å². The highest BCUT2D eigenvalue weighted by Crippen LogP contribution is 2.33. The van der Waals surface area contributed by atoms with E-state index in [1.54, 1.807) is 26.4 Å². The number of nitrogens with zero attached hydrogens (tertiary/aromatic N) is 2. The van der Waals surface area contributed by atoms with Crippen LogP contribution in [0.1, 0.15) is 21.5 Å². The maximum absolute atomic E-state index is 13.0. The van der Waals surface area contributed by atoms with Crippen LogP contribution in [0.5, 0.6) is 11.5 Å². The Morgan fingerprint density at radius 1 is 0.971 bits per heavy atom. The first-order chi connectivity index (χ1) is 17.1. The van der Waals surface area contributed by atoms with E-state index in [1.807, 2.05) is 18.2 Å². The Balaban J connectivity index is 1.37. The van der Waals surface area contributed by atoms with Crippen LogP contribution in [-0.4, -0.2) is 51.2 Å². The van der Waals surface area contributed by atoms with Crippen molar-refractivity contribution >= 4 is 17.3 Å². The molecule has 0 aliphatic carbocycles. The number of rotatable bonds is 9. The molecule has 3 aromatic carbocycles. The number of hydrogen-bond donors (Lipinski definition) is 1. The Morgan fingerprint density at radius 3 is 2.31 bits per heavy atom. The summed E-state index contributed by atoms with van der Waals surface area (Å²) in [5.74, 6) is 0.953. The average Bonchev–Trinajstić information content (AvgIpc) is 2.90. The van der Waals surface area contributed by atoms with Crippen molar-refractivity contribution in [2.45, 2.75) is 13.0 Å². The fourth-order valence-corrected chi connectivity index (χ4v) is 4.45. The van der Waals surface area contributed by atoms with Gasteiger partial charge in [-0.3, -0.25) is 9.69 Å². The monoisotopic (exact) mass is 471 g/mol. The van der Waals surface area contributed by atoms with Crippen molar-refractivity contribution in [1.29, 1.82) is 0 Å². The fourth-order valence-electron chi connectivity index (χ4n) is 4.45. The minimum absolute atomic E-state index is 0.196. The number of carbonyl (C=O) groups excluding carboxylic acids is 1. The van der Waals surface area contributed by atoms with Gasteiger partial charge >= 0.3 is 0 Å². The van der Waals surface area contributed by atoms with Crippen molar-refractivity contribution in [3.63, 3.8) is 0 Å². The van der Waals surface area contributed by atoms with Gasteiger partial charge in [0.05, 0.1) is 14.2 Å². The van der Waals surface area contributed by atoms with E-state index in [9.17, 15) is 4.79 Å². The zero-order chi connectivity index (χ0) is 24.6. The standard InChI is InChI=1S/C29H33N3O3/c1-4-8-23-19-24(20-27(34-2)28(23)35-3)29(33)30-25-11-13-26(14-12-25)32-17-15-31(16-18-32)21-22-9-6-5-7-10-22/h4-7,9-14,19-20H,1,8,15-18,21H2,2-3H3,(H,30,33). The molecule has 0 saturated carbocycles. The molecule has 1 aliphatic rings. The third-order valence-corrected chi connectivity index (χ3v) is 6.29. The molecule has 0 spiro atoms. The lowest BCUT2D eigenvalue weighted by molar-refractivity contribution is 0.102. The number of hydrogen-bond acceptors (Lipinski definition) is 5. The smallest absolute Gasteiger partial charge is 0.255 e. The highest BCUT2D eigenvalue weighted by Gasteiger charge is 2.18. The van der Waals surface area contributed by atoms with E-state index in [2.05, 4.69) is 64.2 Å². The minimum Gasteiger partial charge on any atom is -0.493 e. The molecular formula is C29H33N3O3. The molecule has 0 bridgehead atoms. The summed E-state index contributed by atoms with van der Waals surface area (Å²) in [5.41, 5.74) is 4.64. The Hall–Kier alpha value is -3.77. The zero-order valence-electron chi connectivity index (χ0n) is 20.5. The lowest BCUT2D eigenvalue weighted by Gasteiger charge is -2.36. The van der Waals surface area contributed by atoms with Gasteiger partial charge in [-0.2, -0.15) is 0 Å². The molecule has 1 fully saturated rings. The molecule has 6 heteroatoms. The third kappa shape index (κ3) is 6.03. The van der Waals surface area contributed by atoms with E-state index in [0.717, 1.165) is 44.0 Å². The fraction of sp³-hybridized carbons (Fsp3) is 0.276. The normalized spacial score (nSPS) is 13.8. The topological polar surface area (TPSA) is 54.0 Å². The van der Waals surface area contributed by atoms with Crippen LogP contribution < -0.4 is 19.7 Å². The molecule has 0 radical (unpaired) electrons. The maximum atomic E-state index is 13.0. The van der Waals surface area contributed by atoms with Crippen molar-refractivity contribution in [1.82, 2.24) is 4.90 Å². The number of anilines is 2. The first-order valence-corrected chi connectivity index (χ1v) is 11.9. The van der Waals surface area contributed by atoms with Crippen molar-refractivity contribution < 1.29 is 14.3 Å². The molecule has 3 aromatic rings. The third-order valence-electron chi connectivity index (χ3n) is 6.29. The molecule has 4 rings (SSSR count). The van der Waals surface area contributed by atoms with Gasteiger partial charge in [-0.15, -0.1) is 6.58 Å². The molecule has 6 nitrogen and oxygen atoms in total. The van der Waals surface area contributed by atoms with Crippen LogP contribution in [0.25, 0.3) is 0 Å². The summed E-state index contributed by atoms with van der Waals surface area (Å²) in [4.78, 5) is 17.8. The van der Waals surface area contributed by atoms with Crippen molar-refractivity contribution in [2.24, 2.45) is 0 Å².